The average Bonchev–Trinajstić information content (AvgIpc) is 2.98. The van der Waals surface area contributed by atoms with E-state index in [1.165, 1.54) is 25.4 Å². The lowest BCUT2D eigenvalue weighted by Gasteiger charge is -2.33. The van der Waals surface area contributed by atoms with Crippen LogP contribution in [0.3, 0.4) is 0 Å². The van der Waals surface area contributed by atoms with Crippen LogP contribution in [0.15, 0.2) is 23.2 Å². The molecule has 164 valence electrons. The van der Waals surface area contributed by atoms with E-state index in [9.17, 15) is 26.7 Å². The van der Waals surface area contributed by atoms with Crippen LogP contribution in [-0.2, 0) is 32.5 Å². The summed E-state index contributed by atoms with van der Waals surface area (Å²) in [6.45, 7) is 2.08. The Labute approximate surface area is 175 Å². The van der Waals surface area contributed by atoms with Crippen LogP contribution >= 0.6 is 0 Å². The SMILES string of the molecule is Cn1ncc(C(=O)c2ccc(S(C)(=O)=O)c(N3CCNCC3)c2CS(C)(=O)=O)c1O. The van der Waals surface area contributed by atoms with Crippen LogP contribution in [0, 0.1) is 0 Å². The summed E-state index contributed by atoms with van der Waals surface area (Å²) in [6, 6.07) is 2.62. The number of sulfone groups is 2. The van der Waals surface area contributed by atoms with Crippen LogP contribution in [-0.4, -0.2) is 76.2 Å². The number of hydrogen-bond acceptors (Lipinski definition) is 9. The number of rotatable bonds is 6. The first-order valence-corrected chi connectivity index (χ1v) is 13.1. The fourth-order valence-corrected chi connectivity index (χ4v) is 5.24. The van der Waals surface area contributed by atoms with Crippen LogP contribution in [0.5, 0.6) is 5.88 Å². The number of aryl methyl sites for hydroxylation is 1. The minimum absolute atomic E-state index is 0.0182. The maximum atomic E-state index is 13.2. The largest absolute Gasteiger partial charge is 0.493 e. The van der Waals surface area contributed by atoms with E-state index in [0.717, 1.165) is 17.2 Å². The van der Waals surface area contributed by atoms with Crippen molar-refractivity contribution in [2.45, 2.75) is 10.6 Å². The second kappa shape index (κ2) is 8.00. The Kier molecular flexibility index (Phi) is 5.94. The standard InChI is InChI=1S/C18H24N4O6S2/c1-21-18(24)13(10-20-21)17(23)12-4-5-15(30(3,27)28)16(14(12)11-29(2,25)26)22-8-6-19-7-9-22/h4-5,10,19,24H,6-9,11H2,1-3H3. The van der Waals surface area contributed by atoms with Gasteiger partial charge in [0.05, 0.1) is 22.5 Å². The Morgan fingerprint density at radius 1 is 1.13 bits per heavy atom. The molecule has 0 atom stereocenters. The molecule has 2 aromatic rings. The molecule has 0 aliphatic carbocycles. The van der Waals surface area contributed by atoms with E-state index in [0.29, 0.717) is 26.2 Å². The normalized spacial score (nSPS) is 15.4. The number of carbonyl (C=O) groups excluding carboxylic acids is 1. The van der Waals surface area contributed by atoms with Crippen LogP contribution < -0.4 is 10.2 Å². The van der Waals surface area contributed by atoms with Gasteiger partial charge >= 0.3 is 0 Å². The summed E-state index contributed by atoms with van der Waals surface area (Å²) in [7, 11) is -5.86. The van der Waals surface area contributed by atoms with Gasteiger partial charge in [0.1, 0.15) is 5.56 Å². The number of ketones is 1. The van der Waals surface area contributed by atoms with Gasteiger partial charge in [0, 0.05) is 56.9 Å². The van der Waals surface area contributed by atoms with E-state index >= 15 is 0 Å². The second-order valence-corrected chi connectivity index (χ2v) is 11.5. The highest BCUT2D eigenvalue weighted by molar-refractivity contribution is 7.91. The highest BCUT2D eigenvalue weighted by Crippen LogP contribution is 2.35. The van der Waals surface area contributed by atoms with Gasteiger partial charge in [-0.1, -0.05) is 0 Å². The third-order valence-corrected chi connectivity index (χ3v) is 6.82. The zero-order chi connectivity index (χ0) is 22.3. The summed E-state index contributed by atoms with van der Waals surface area (Å²) >= 11 is 0. The lowest BCUT2D eigenvalue weighted by molar-refractivity contribution is 0.103. The number of aromatic nitrogens is 2. The first-order valence-electron chi connectivity index (χ1n) is 9.15. The van der Waals surface area contributed by atoms with Crippen molar-refractivity contribution in [2.24, 2.45) is 7.05 Å². The Hall–Kier alpha value is -2.44. The number of carbonyl (C=O) groups is 1. The highest BCUT2D eigenvalue weighted by atomic mass is 32.2. The number of nitrogens with one attached hydrogen (secondary N) is 1. The molecular weight excluding hydrogens is 432 g/mol. The van der Waals surface area contributed by atoms with Crippen molar-refractivity contribution in [3.05, 3.63) is 35.0 Å². The highest BCUT2D eigenvalue weighted by Gasteiger charge is 2.30. The monoisotopic (exact) mass is 456 g/mol. The summed E-state index contributed by atoms with van der Waals surface area (Å²) in [5.74, 6) is -1.51. The van der Waals surface area contributed by atoms with Gasteiger partial charge < -0.3 is 15.3 Å². The predicted molar refractivity (Wildman–Crippen MR) is 111 cm³/mol. The summed E-state index contributed by atoms with van der Waals surface area (Å²) < 4.78 is 50.5. The fourth-order valence-electron chi connectivity index (χ4n) is 3.51. The van der Waals surface area contributed by atoms with Gasteiger partial charge in [0.2, 0.25) is 5.88 Å². The molecule has 0 bridgehead atoms. The predicted octanol–water partition coefficient (Wildman–Crippen LogP) is -0.286. The summed E-state index contributed by atoms with van der Waals surface area (Å²) in [5, 5.41) is 17.2. The number of piperazine rings is 1. The van der Waals surface area contributed by atoms with Crippen LogP contribution in [0.4, 0.5) is 5.69 Å². The topological polar surface area (TPSA) is 139 Å². The molecule has 1 aliphatic rings. The molecule has 1 saturated heterocycles. The molecule has 1 aromatic carbocycles. The molecule has 0 spiro atoms. The van der Waals surface area contributed by atoms with Crippen molar-refractivity contribution in [2.75, 3.05) is 43.6 Å². The maximum Gasteiger partial charge on any atom is 0.220 e. The van der Waals surface area contributed by atoms with Crippen LogP contribution in [0.25, 0.3) is 0 Å². The van der Waals surface area contributed by atoms with E-state index < -0.39 is 31.2 Å². The summed E-state index contributed by atoms with van der Waals surface area (Å²) in [5.41, 5.74) is 0.254. The molecule has 1 aromatic heterocycles. The Morgan fingerprint density at radius 3 is 2.27 bits per heavy atom. The van der Waals surface area contributed by atoms with Gasteiger partial charge in [-0.25, -0.2) is 21.5 Å². The summed E-state index contributed by atoms with van der Waals surface area (Å²) in [4.78, 5) is 14.9. The van der Waals surface area contributed by atoms with Crippen molar-refractivity contribution in [3.8, 4) is 5.88 Å². The molecule has 10 nitrogen and oxygen atoms in total. The lowest BCUT2D eigenvalue weighted by Crippen LogP contribution is -2.44. The zero-order valence-electron chi connectivity index (χ0n) is 16.9. The van der Waals surface area contributed by atoms with Crippen molar-refractivity contribution in [1.82, 2.24) is 15.1 Å². The van der Waals surface area contributed by atoms with E-state index in [2.05, 4.69) is 10.4 Å². The number of hydrogen-bond donors (Lipinski definition) is 2. The third-order valence-electron chi connectivity index (χ3n) is 4.88. The minimum Gasteiger partial charge on any atom is -0.493 e. The van der Waals surface area contributed by atoms with E-state index in [4.69, 9.17) is 0 Å². The van der Waals surface area contributed by atoms with E-state index in [1.807, 2.05) is 0 Å². The van der Waals surface area contributed by atoms with Crippen molar-refractivity contribution in [3.63, 3.8) is 0 Å². The molecule has 3 rings (SSSR count). The maximum absolute atomic E-state index is 13.2. The Morgan fingerprint density at radius 2 is 1.77 bits per heavy atom. The molecule has 2 N–H and O–H groups in total. The summed E-state index contributed by atoms with van der Waals surface area (Å²) in [6.07, 6.45) is 3.26. The fraction of sp³-hybridized carbons (Fsp3) is 0.444. The minimum atomic E-state index is -3.71. The quantitative estimate of drug-likeness (QED) is 0.562. The molecule has 1 aliphatic heterocycles. The lowest BCUT2D eigenvalue weighted by atomic mass is 9.98. The zero-order valence-corrected chi connectivity index (χ0v) is 18.5. The molecular formula is C18H24N4O6S2. The van der Waals surface area contributed by atoms with Crippen LogP contribution in [0.1, 0.15) is 21.5 Å². The molecule has 0 radical (unpaired) electrons. The van der Waals surface area contributed by atoms with Gasteiger partial charge in [0.25, 0.3) is 0 Å². The average molecular weight is 457 g/mol. The molecule has 12 heteroatoms. The first-order chi connectivity index (χ1) is 13.9. The van der Waals surface area contributed by atoms with Crippen molar-refractivity contribution in [1.29, 1.82) is 0 Å². The number of aromatic hydroxyl groups is 1. The van der Waals surface area contributed by atoms with Gasteiger partial charge in [-0.05, 0) is 12.1 Å². The van der Waals surface area contributed by atoms with E-state index in [1.54, 1.807) is 4.90 Å². The van der Waals surface area contributed by atoms with Crippen molar-refractivity contribution < 1.29 is 26.7 Å². The third kappa shape index (κ3) is 4.50. The molecule has 1 fully saturated rings. The van der Waals surface area contributed by atoms with Crippen LogP contribution in [0.2, 0.25) is 0 Å². The van der Waals surface area contributed by atoms with Crippen molar-refractivity contribution >= 4 is 31.1 Å². The molecule has 0 saturated carbocycles. The molecule has 30 heavy (non-hydrogen) atoms. The van der Waals surface area contributed by atoms with Gasteiger partial charge in [-0.3, -0.25) is 4.79 Å². The van der Waals surface area contributed by atoms with Gasteiger partial charge in [-0.15, -0.1) is 0 Å². The number of benzene rings is 1. The smallest absolute Gasteiger partial charge is 0.220 e. The number of nitrogens with zero attached hydrogens (tertiary/aromatic N) is 3. The number of anilines is 1. The Balaban J connectivity index is 2.32. The Bertz CT molecular complexity index is 1200. The molecule has 2 heterocycles. The first kappa shape index (κ1) is 22.2. The molecule has 0 amide bonds. The molecule has 0 unspecified atom stereocenters. The van der Waals surface area contributed by atoms with Gasteiger partial charge in [-0.2, -0.15) is 5.10 Å². The van der Waals surface area contributed by atoms with E-state index in [-0.39, 0.29) is 33.2 Å². The second-order valence-electron chi connectivity index (χ2n) is 7.35. The van der Waals surface area contributed by atoms with Gasteiger partial charge in [0.15, 0.2) is 25.5 Å².